The molecule has 3 aliphatic heterocycles. The summed E-state index contributed by atoms with van der Waals surface area (Å²) in [6.07, 6.45) is -7.86. The Morgan fingerprint density at radius 1 is 1.04 bits per heavy atom. The largest absolute Gasteiger partial charge is 0.462 e. The van der Waals surface area contributed by atoms with Crippen LogP contribution in [0.3, 0.4) is 0 Å². The lowest BCUT2D eigenvalue weighted by molar-refractivity contribution is -0.230. The number of aryl methyl sites for hydroxylation is 1. The van der Waals surface area contributed by atoms with Crippen LogP contribution < -0.4 is 20.7 Å². The zero-order chi connectivity index (χ0) is 34.4. The average Bonchev–Trinajstić information content (AvgIpc) is 3.48. The predicted octanol–water partition coefficient (Wildman–Crippen LogP) is 5.52. The molecule has 3 N–H and O–H groups in total. The van der Waals surface area contributed by atoms with Crippen LogP contribution in [0.25, 0.3) is 32.9 Å². The Kier molecular flexibility index (Phi) is 7.44. The first-order chi connectivity index (χ1) is 22.6. The van der Waals surface area contributed by atoms with Gasteiger partial charge in [-0.15, -0.1) is 0 Å². The molecule has 2 bridgehead atoms. The topological polar surface area (TPSA) is 108 Å². The summed E-state index contributed by atoms with van der Waals surface area (Å²) >= 11 is 0. The quantitative estimate of drug-likeness (QED) is 0.210. The van der Waals surface area contributed by atoms with Gasteiger partial charge in [0.05, 0.1) is 34.3 Å². The molecule has 16 heteroatoms. The van der Waals surface area contributed by atoms with Crippen molar-refractivity contribution in [3.63, 3.8) is 0 Å². The smallest absolute Gasteiger partial charge is 0.417 e. The van der Waals surface area contributed by atoms with Crippen molar-refractivity contribution in [1.82, 2.24) is 24.8 Å². The van der Waals surface area contributed by atoms with Crippen LogP contribution in [-0.4, -0.2) is 77.0 Å². The van der Waals surface area contributed by atoms with Crippen molar-refractivity contribution >= 4 is 33.3 Å². The number of benzene rings is 2. The van der Waals surface area contributed by atoms with E-state index < -0.39 is 59.4 Å². The van der Waals surface area contributed by atoms with Crippen LogP contribution in [0.15, 0.2) is 18.2 Å². The highest BCUT2D eigenvalue weighted by atomic mass is 19.4. The number of anilines is 2. The van der Waals surface area contributed by atoms with Crippen LogP contribution in [0.1, 0.15) is 29.7 Å². The number of nitrogen functional groups attached to an aromatic ring is 1. The Bertz CT molecular complexity index is 1990. The van der Waals surface area contributed by atoms with Gasteiger partial charge in [-0.3, -0.25) is 4.90 Å². The highest BCUT2D eigenvalue weighted by molar-refractivity contribution is 6.07. The maximum atomic E-state index is 17.1. The van der Waals surface area contributed by atoms with Gasteiger partial charge in [0.1, 0.15) is 24.0 Å². The van der Waals surface area contributed by atoms with E-state index in [0.717, 1.165) is 18.9 Å². The number of piperazine rings is 1. The fourth-order valence-corrected chi connectivity index (χ4v) is 7.49. The molecule has 2 aromatic heterocycles. The fraction of sp³-hybridized carbons (Fsp3) is 0.469. The number of nitriles is 1. The summed E-state index contributed by atoms with van der Waals surface area (Å²) in [5.41, 5.74) is 3.79. The maximum absolute atomic E-state index is 17.1. The number of rotatable bonds is 5. The van der Waals surface area contributed by atoms with Crippen molar-refractivity contribution in [2.75, 3.05) is 43.9 Å². The van der Waals surface area contributed by atoms with Crippen LogP contribution in [0, 0.1) is 30.0 Å². The minimum absolute atomic E-state index is 0.00437. The molecule has 3 saturated heterocycles. The second kappa shape index (κ2) is 11.1. The van der Waals surface area contributed by atoms with E-state index in [0.29, 0.717) is 18.6 Å². The van der Waals surface area contributed by atoms with E-state index in [9.17, 15) is 18.4 Å². The third-order valence-electron chi connectivity index (χ3n) is 10.1. The van der Waals surface area contributed by atoms with Gasteiger partial charge in [0.2, 0.25) is 0 Å². The number of nitrogens with zero attached hydrogens (tertiary/aromatic N) is 6. The molecule has 0 saturated carbocycles. The van der Waals surface area contributed by atoms with Gasteiger partial charge in [-0.05, 0) is 45.0 Å². The summed E-state index contributed by atoms with van der Waals surface area (Å²) in [5.74, 6) is -2.99. The number of ether oxygens (including phenoxy) is 1. The molecule has 4 atom stereocenters. The van der Waals surface area contributed by atoms with E-state index >= 15 is 17.6 Å². The van der Waals surface area contributed by atoms with E-state index in [2.05, 4.69) is 15.3 Å². The Morgan fingerprint density at radius 3 is 2.33 bits per heavy atom. The number of likely N-dealkylation sites (tertiary alicyclic amines) is 1. The Balaban J connectivity index is 1.47. The van der Waals surface area contributed by atoms with Gasteiger partial charge in [-0.2, -0.15) is 41.6 Å². The highest BCUT2D eigenvalue weighted by Crippen LogP contribution is 2.48. The fourth-order valence-electron chi connectivity index (χ4n) is 7.49. The number of alkyl halides is 6. The number of aromatic nitrogens is 3. The minimum atomic E-state index is -5.05. The average molecular weight is 677 g/mol. The molecule has 0 amide bonds. The number of likely N-dealkylation sites (N-methyl/N-ethyl adjacent to an activating group) is 1. The summed E-state index contributed by atoms with van der Waals surface area (Å²) in [6, 6.07) is 4.31. The van der Waals surface area contributed by atoms with Crippen LogP contribution in [0.2, 0.25) is 0 Å². The van der Waals surface area contributed by atoms with E-state index in [1.165, 1.54) is 24.9 Å². The Labute approximate surface area is 270 Å². The zero-order valence-electron chi connectivity index (χ0n) is 26.1. The monoisotopic (exact) mass is 676 g/mol. The lowest BCUT2D eigenvalue weighted by atomic mass is 9.89. The van der Waals surface area contributed by atoms with Gasteiger partial charge < -0.3 is 25.3 Å². The van der Waals surface area contributed by atoms with E-state index in [4.69, 9.17) is 10.5 Å². The number of halogens is 7. The van der Waals surface area contributed by atoms with Crippen molar-refractivity contribution in [2.24, 2.45) is 13.0 Å². The van der Waals surface area contributed by atoms with Gasteiger partial charge in [-0.1, -0.05) is 0 Å². The first-order valence-electron chi connectivity index (χ1n) is 15.4. The molecule has 2 aromatic carbocycles. The maximum Gasteiger partial charge on any atom is 0.417 e. The standard InChI is InChI=1S/C32H31F7N8O/c1-14-24(25-18(9-40)21(41)6-7-22(25)46(14)3)26-19(31(34,35)36)8-17-28(27(26)33)43-30(48-13-23-20(12-45(23)2)32(37,38)39)44-29(17)47-10-15-4-5-16(11-47)42-15/h6-8,15-16,20,23,42H,4-5,10-13,41H2,1-3H3/t15?,16?,20-,23-/m1/s1. The zero-order valence-corrected chi connectivity index (χ0v) is 26.1. The predicted molar refractivity (Wildman–Crippen MR) is 164 cm³/mol. The molecule has 0 radical (unpaired) electrons. The molecule has 0 aliphatic carbocycles. The molecular weight excluding hydrogens is 645 g/mol. The minimum Gasteiger partial charge on any atom is -0.462 e. The molecule has 9 nitrogen and oxygen atoms in total. The van der Waals surface area contributed by atoms with Gasteiger partial charge >= 0.3 is 18.4 Å². The summed E-state index contributed by atoms with van der Waals surface area (Å²) < 4.78 is 110. The summed E-state index contributed by atoms with van der Waals surface area (Å²) in [4.78, 5) is 11.8. The van der Waals surface area contributed by atoms with Gasteiger partial charge in [0.15, 0.2) is 5.82 Å². The molecule has 0 spiro atoms. The van der Waals surface area contributed by atoms with Gasteiger partial charge in [0, 0.05) is 66.4 Å². The van der Waals surface area contributed by atoms with Crippen molar-refractivity contribution in [1.29, 1.82) is 5.26 Å². The van der Waals surface area contributed by atoms with Crippen molar-refractivity contribution < 1.29 is 35.5 Å². The molecule has 4 aromatic rings. The highest BCUT2D eigenvalue weighted by Gasteiger charge is 2.53. The van der Waals surface area contributed by atoms with E-state index in [1.807, 2.05) is 6.07 Å². The summed E-state index contributed by atoms with van der Waals surface area (Å²) in [7, 11) is 3.10. The molecule has 2 unspecified atom stereocenters. The number of nitrogens with one attached hydrogen (secondary N) is 1. The molecular formula is C32H31F7N8O. The number of nitrogens with two attached hydrogens (primary N) is 1. The normalized spacial score (nSPS) is 23.1. The molecule has 7 rings (SSSR count). The lowest BCUT2D eigenvalue weighted by Crippen LogP contribution is -2.61. The number of hydrogen-bond acceptors (Lipinski definition) is 8. The second-order valence-corrected chi connectivity index (χ2v) is 12.9. The molecule has 254 valence electrons. The molecule has 5 heterocycles. The van der Waals surface area contributed by atoms with Gasteiger partial charge in [0.25, 0.3) is 0 Å². The third kappa shape index (κ3) is 5.06. The van der Waals surface area contributed by atoms with Crippen molar-refractivity contribution in [2.45, 2.75) is 50.2 Å². The van der Waals surface area contributed by atoms with Crippen LogP contribution >= 0.6 is 0 Å². The second-order valence-electron chi connectivity index (χ2n) is 12.9. The third-order valence-corrected chi connectivity index (χ3v) is 10.1. The first kappa shape index (κ1) is 32.2. The molecule has 48 heavy (non-hydrogen) atoms. The van der Waals surface area contributed by atoms with Crippen LogP contribution in [0.4, 0.5) is 42.2 Å². The van der Waals surface area contributed by atoms with Crippen LogP contribution in [-0.2, 0) is 13.2 Å². The van der Waals surface area contributed by atoms with E-state index in [1.54, 1.807) is 22.6 Å². The number of fused-ring (bicyclic) bond motifs is 4. The SMILES string of the molecule is Cc1c(-c2c(C(F)(F)F)cc3c(N4CC5CCC(C4)N5)nc(OC[C@@H]4[C@H](C(F)(F)F)CN4C)nc3c2F)c2c(C#N)c(N)ccc2n1C. The lowest BCUT2D eigenvalue weighted by Gasteiger charge is -2.46. The van der Waals surface area contributed by atoms with Crippen molar-refractivity contribution in [3.05, 3.63) is 40.8 Å². The Morgan fingerprint density at radius 2 is 1.73 bits per heavy atom. The Hall–Kier alpha value is -4.36. The number of hydrogen-bond donors (Lipinski definition) is 2. The first-order valence-corrected chi connectivity index (χ1v) is 15.4. The molecule has 3 aliphatic rings. The van der Waals surface area contributed by atoms with Crippen LogP contribution in [0.5, 0.6) is 6.01 Å². The van der Waals surface area contributed by atoms with Crippen molar-refractivity contribution in [3.8, 4) is 23.2 Å². The van der Waals surface area contributed by atoms with E-state index in [-0.39, 0.29) is 57.7 Å². The summed E-state index contributed by atoms with van der Waals surface area (Å²) in [5, 5.41) is 13.2. The van der Waals surface area contributed by atoms with Gasteiger partial charge in [-0.25, -0.2) is 4.39 Å². The molecule has 3 fully saturated rings. The summed E-state index contributed by atoms with van der Waals surface area (Å²) in [6.45, 7) is 1.55.